The maximum absolute atomic E-state index is 4.90. The summed E-state index contributed by atoms with van der Waals surface area (Å²) in [6.45, 7) is 1.93. The molecule has 2 aromatic carbocycles. The van der Waals surface area contributed by atoms with Gasteiger partial charge < -0.3 is 5.32 Å². The number of piperidine rings is 1. The molecule has 2 aromatic rings. The van der Waals surface area contributed by atoms with E-state index in [0.717, 1.165) is 36.2 Å². The average Bonchev–Trinajstić information content (AvgIpc) is 3.04. The van der Waals surface area contributed by atoms with E-state index in [-0.39, 0.29) is 0 Å². The molecular weight excluding hydrogens is 246 g/mol. The molecule has 3 aliphatic heterocycles. The first-order chi connectivity index (χ1) is 9.92. The van der Waals surface area contributed by atoms with Crippen LogP contribution in [0.2, 0.25) is 0 Å². The average molecular weight is 259 g/mol. The zero-order valence-electron chi connectivity index (χ0n) is 11.0. The Morgan fingerprint density at radius 1 is 1.00 bits per heavy atom. The first-order valence-electron chi connectivity index (χ1n) is 7.05. The third-order valence-corrected chi connectivity index (χ3v) is 4.33. The zero-order chi connectivity index (χ0) is 13.1. The number of nitrogens with one attached hydrogen (secondary N) is 1. The van der Waals surface area contributed by atoms with Gasteiger partial charge in [-0.05, 0) is 30.7 Å². The van der Waals surface area contributed by atoms with Crippen molar-refractivity contribution >= 4 is 22.7 Å². The number of hydrogen-bond donors (Lipinski definition) is 1. The van der Waals surface area contributed by atoms with E-state index in [1.807, 2.05) is 6.07 Å². The van der Waals surface area contributed by atoms with Crippen LogP contribution in [0.5, 0.6) is 0 Å². The molecule has 3 heteroatoms. The third kappa shape index (κ3) is 1.23. The summed E-state index contributed by atoms with van der Waals surface area (Å²) in [4.78, 5) is 9.62. The second-order valence-electron chi connectivity index (χ2n) is 5.45. The van der Waals surface area contributed by atoms with Gasteiger partial charge in [0.15, 0.2) is 0 Å². The molecule has 0 aromatic heterocycles. The summed E-state index contributed by atoms with van der Waals surface area (Å²) < 4.78 is 0. The van der Waals surface area contributed by atoms with Crippen molar-refractivity contribution in [1.29, 1.82) is 0 Å². The molecule has 96 valence electrons. The number of fused-ring (bicyclic) bond motifs is 6. The molecule has 3 aliphatic rings. The van der Waals surface area contributed by atoms with E-state index < -0.39 is 0 Å². The van der Waals surface area contributed by atoms with Gasteiger partial charge in [-0.3, -0.25) is 4.99 Å². The molecule has 0 bridgehead atoms. The van der Waals surface area contributed by atoms with Crippen molar-refractivity contribution in [2.24, 2.45) is 9.98 Å². The van der Waals surface area contributed by atoms with E-state index in [0.29, 0.717) is 0 Å². The lowest BCUT2D eigenvalue weighted by Gasteiger charge is -2.14. The summed E-state index contributed by atoms with van der Waals surface area (Å²) in [5.74, 6) is 0. The lowest BCUT2D eigenvalue weighted by Crippen LogP contribution is -2.31. The highest BCUT2D eigenvalue weighted by molar-refractivity contribution is 6.24. The highest BCUT2D eigenvalue weighted by Crippen LogP contribution is 2.38. The molecule has 1 N–H and O–H groups in total. The molecule has 0 spiro atoms. The van der Waals surface area contributed by atoms with Crippen LogP contribution in [0, 0.1) is 0 Å². The predicted molar refractivity (Wildman–Crippen MR) is 80.3 cm³/mol. The summed E-state index contributed by atoms with van der Waals surface area (Å²) in [5.41, 5.74) is 7.26. The number of rotatable bonds is 0. The summed E-state index contributed by atoms with van der Waals surface area (Å²) >= 11 is 0. The van der Waals surface area contributed by atoms with Gasteiger partial charge in [0.05, 0.1) is 22.4 Å². The molecule has 0 saturated carbocycles. The molecule has 3 heterocycles. The van der Waals surface area contributed by atoms with Crippen LogP contribution in [0.1, 0.15) is 6.42 Å². The maximum Gasteiger partial charge on any atom is 0.0810 e. The Balaban J connectivity index is 1.90. The van der Waals surface area contributed by atoms with Crippen molar-refractivity contribution < 1.29 is 0 Å². The quantitative estimate of drug-likeness (QED) is 0.657. The van der Waals surface area contributed by atoms with E-state index >= 15 is 0 Å². The minimum absolute atomic E-state index is 0.886. The van der Waals surface area contributed by atoms with Crippen LogP contribution in [0.15, 0.2) is 46.4 Å². The Bertz CT molecular complexity index is 906. The molecule has 0 amide bonds. The lowest BCUT2D eigenvalue weighted by atomic mass is 9.99. The molecule has 1 saturated heterocycles. The first kappa shape index (κ1) is 10.5. The number of nitrogens with zero attached hydrogens (tertiary/aromatic N) is 2. The van der Waals surface area contributed by atoms with Crippen LogP contribution in [-0.2, 0) is 0 Å². The van der Waals surface area contributed by atoms with Gasteiger partial charge >= 0.3 is 0 Å². The highest BCUT2D eigenvalue weighted by Gasteiger charge is 2.25. The largest absolute Gasteiger partial charge is 0.311 e. The second kappa shape index (κ2) is 3.64. The third-order valence-electron chi connectivity index (χ3n) is 4.33. The Morgan fingerprint density at radius 2 is 1.95 bits per heavy atom. The Labute approximate surface area is 116 Å². The van der Waals surface area contributed by atoms with Gasteiger partial charge in [0, 0.05) is 22.9 Å². The van der Waals surface area contributed by atoms with Crippen LogP contribution in [0.3, 0.4) is 0 Å². The van der Waals surface area contributed by atoms with Gasteiger partial charge in [-0.1, -0.05) is 24.3 Å². The highest BCUT2D eigenvalue weighted by atomic mass is 14.9. The zero-order valence-corrected chi connectivity index (χ0v) is 11.0. The van der Waals surface area contributed by atoms with Gasteiger partial charge in [-0.2, -0.15) is 0 Å². The predicted octanol–water partition coefficient (Wildman–Crippen LogP) is 1.85. The number of aliphatic imine (C=N–C) groups is 1. The minimum atomic E-state index is 0.886. The van der Waals surface area contributed by atoms with Crippen LogP contribution >= 0.6 is 0 Å². The van der Waals surface area contributed by atoms with E-state index in [9.17, 15) is 0 Å². The van der Waals surface area contributed by atoms with Crippen LogP contribution < -0.4 is 15.9 Å². The molecule has 0 radical (unpaired) electrons. The fourth-order valence-electron chi connectivity index (χ4n) is 3.41. The fraction of sp³-hybridized carbons (Fsp3) is 0.176. The van der Waals surface area contributed by atoms with Crippen molar-refractivity contribution in [3.63, 3.8) is 0 Å². The molecule has 3 nitrogen and oxygen atoms in total. The SMILES string of the molecule is c1ccc2c(c1)N=c1ccc3c(c1-2)N=C1CNCCC=31. The molecule has 0 aliphatic carbocycles. The van der Waals surface area contributed by atoms with E-state index in [4.69, 9.17) is 9.98 Å². The molecule has 5 rings (SSSR count). The number of para-hydroxylation sites is 1. The Kier molecular flexibility index (Phi) is 1.92. The molecule has 20 heavy (non-hydrogen) atoms. The monoisotopic (exact) mass is 259 g/mol. The van der Waals surface area contributed by atoms with Crippen molar-refractivity contribution in [2.75, 3.05) is 13.1 Å². The number of hydrogen-bond acceptors (Lipinski definition) is 3. The van der Waals surface area contributed by atoms with Gasteiger partial charge in [0.2, 0.25) is 0 Å². The van der Waals surface area contributed by atoms with Crippen LogP contribution in [0.4, 0.5) is 11.4 Å². The molecular formula is C17H13N3. The van der Waals surface area contributed by atoms with E-state index in [1.54, 1.807) is 0 Å². The van der Waals surface area contributed by atoms with E-state index in [1.165, 1.54) is 27.6 Å². The van der Waals surface area contributed by atoms with Gasteiger partial charge in [-0.15, -0.1) is 0 Å². The Hall–Kier alpha value is -2.26. The summed E-state index contributed by atoms with van der Waals surface area (Å²) in [6, 6.07) is 12.7. The maximum atomic E-state index is 4.90. The topological polar surface area (TPSA) is 36.8 Å². The van der Waals surface area contributed by atoms with Gasteiger partial charge in [0.1, 0.15) is 0 Å². The van der Waals surface area contributed by atoms with Crippen molar-refractivity contribution in [1.82, 2.24) is 5.32 Å². The minimum Gasteiger partial charge on any atom is -0.311 e. The van der Waals surface area contributed by atoms with Gasteiger partial charge in [0.25, 0.3) is 0 Å². The second-order valence-corrected chi connectivity index (χ2v) is 5.45. The smallest absolute Gasteiger partial charge is 0.0810 e. The number of benzene rings is 2. The standard InChI is InChI=1S/C17H13N3/c1-2-4-13-12(3-1)16-14(19-13)6-5-11-10-7-8-18-9-15(10)20-17(11)16/h1-6,18H,7-9H2. The van der Waals surface area contributed by atoms with Gasteiger partial charge in [-0.25, -0.2) is 4.99 Å². The molecule has 1 fully saturated rings. The normalized spacial score (nSPS) is 17.8. The molecule has 0 unspecified atom stereocenters. The van der Waals surface area contributed by atoms with Crippen molar-refractivity contribution in [2.45, 2.75) is 6.42 Å². The van der Waals surface area contributed by atoms with Crippen LogP contribution in [0.25, 0.3) is 16.7 Å². The summed E-state index contributed by atoms with van der Waals surface area (Å²) in [5, 5.41) is 5.77. The van der Waals surface area contributed by atoms with E-state index in [2.05, 4.69) is 35.6 Å². The fourth-order valence-corrected chi connectivity index (χ4v) is 3.41. The lowest BCUT2D eigenvalue weighted by molar-refractivity contribution is 0.759. The first-order valence-corrected chi connectivity index (χ1v) is 7.05. The Morgan fingerprint density at radius 3 is 2.95 bits per heavy atom. The van der Waals surface area contributed by atoms with Crippen molar-refractivity contribution in [3.8, 4) is 11.1 Å². The summed E-state index contributed by atoms with van der Waals surface area (Å²) in [7, 11) is 0. The van der Waals surface area contributed by atoms with Crippen molar-refractivity contribution in [3.05, 3.63) is 47.0 Å². The molecule has 0 atom stereocenters. The van der Waals surface area contributed by atoms with Crippen LogP contribution in [-0.4, -0.2) is 18.8 Å². The summed E-state index contributed by atoms with van der Waals surface area (Å²) in [6.07, 6.45) is 1.07.